The highest BCUT2D eigenvalue weighted by Gasteiger charge is 2.31. The molecule has 0 saturated carbocycles. The maximum Gasteiger partial charge on any atom is 0.141 e. The van der Waals surface area contributed by atoms with E-state index in [0.29, 0.717) is 50.4 Å². The van der Waals surface area contributed by atoms with Crippen LogP contribution in [-0.2, 0) is 5.60 Å². The number of anilines is 1. The molecule has 2 heterocycles. The number of rotatable bonds is 6. The van der Waals surface area contributed by atoms with Gasteiger partial charge >= 0.3 is 0 Å². The number of fused-ring (bicyclic) bond motifs is 1. The van der Waals surface area contributed by atoms with Gasteiger partial charge in [0.25, 0.3) is 0 Å². The average molecular weight is 556 g/mol. The number of hydrogen-bond acceptors (Lipinski definition) is 6. The van der Waals surface area contributed by atoms with Gasteiger partial charge in [0.2, 0.25) is 0 Å². The van der Waals surface area contributed by atoms with Crippen LogP contribution in [0.15, 0.2) is 48.5 Å². The van der Waals surface area contributed by atoms with Crippen LogP contribution in [-0.4, -0.2) is 54.7 Å². The van der Waals surface area contributed by atoms with Gasteiger partial charge in [-0.15, -0.1) is 0 Å². The van der Waals surface area contributed by atoms with Gasteiger partial charge in [0, 0.05) is 47.9 Å². The van der Waals surface area contributed by atoms with Crippen LogP contribution in [0.1, 0.15) is 32.0 Å². The first-order valence-electron chi connectivity index (χ1n) is 12.6. The zero-order valence-corrected chi connectivity index (χ0v) is 23.6. The van der Waals surface area contributed by atoms with E-state index in [-0.39, 0.29) is 0 Å². The van der Waals surface area contributed by atoms with Gasteiger partial charge in [-0.25, -0.2) is 0 Å². The number of benzene rings is 3. The summed E-state index contributed by atoms with van der Waals surface area (Å²) in [6.45, 7) is 8.06. The third-order valence-corrected chi connectivity index (χ3v) is 8.01. The summed E-state index contributed by atoms with van der Waals surface area (Å²) in [7, 11) is 3.09. The van der Waals surface area contributed by atoms with E-state index in [1.807, 2.05) is 30.3 Å². The standard InChI is InChI=1S/C29H32Cl2N4O3/c1-16-14-35(15-17(2)32-16)20-9-7-19(8-10-20)29(3,36)28-21-11-6-18(12-22(21)33-34-28)25-26(30)23(37-4)13-24(38-5)27(25)31/h6-13,16-17,32,36H,14-15H2,1-5H3,(H,33,34)/t16-,17+,29?. The summed E-state index contributed by atoms with van der Waals surface area (Å²) in [6.07, 6.45) is 0. The van der Waals surface area contributed by atoms with Crippen LogP contribution >= 0.6 is 23.2 Å². The fraction of sp³-hybridized carbons (Fsp3) is 0.345. The number of hydrogen-bond donors (Lipinski definition) is 3. The summed E-state index contributed by atoms with van der Waals surface area (Å²) < 4.78 is 10.8. The van der Waals surface area contributed by atoms with Crippen LogP contribution in [0.5, 0.6) is 11.5 Å². The number of aromatic nitrogens is 2. The second-order valence-electron chi connectivity index (χ2n) is 10.1. The Hall–Kier alpha value is -2.97. The number of piperazine rings is 1. The van der Waals surface area contributed by atoms with E-state index in [0.717, 1.165) is 35.3 Å². The van der Waals surface area contributed by atoms with E-state index in [9.17, 15) is 5.11 Å². The molecule has 9 heteroatoms. The number of nitrogens with one attached hydrogen (secondary N) is 2. The molecule has 0 bridgehead atoms. The number of aromatic amines is 1. The minimum Gasteiger partial charge on any atom is -0.495 e. The number of methoxy groups -OCH3 is 2. The topological polar surface area (TPSA) is 82.6 Å². The third-order valence-electron chi connectivity index (χ3n) is 7.26. The lowest BCUT2D eigenvalue weighted by Crippen LogP contribution is -2.54. The van der Waals surface area contributed by atoms with E-state index in [1.165, 1.54) is 0 Å². The van der Waals surface area contributed by atoms with Crippen molar-refractivity contribution in [3.05, 3.63) is 69.8 Å². The number of ether oxygens (including phenoxy) is 2. The van der Waals surface area contributed by atoms with E-state index in [4.69, 9.17) is 32.7 Å². The normalized spacial score (nSPS) is 19.4. The summed E-state index contributed by atoms with van der Waals surface area (Å²) in [5.41, 5.74) is 3.26. The van der Waals surface area contributed by atoms with Gasteiger partial charge in [-0.05, 0) is 50.1 Å². The Bertz CT molecular complexity index is 1430. The second kappa shape index (κ2) is 10.3. The summed E-state index contributed by atoms with van der Waals surface area (Å²) in [5, 5.41) is 24.4. The molecule has 7 nitrogen and oxygen atoms in total. The lowest BCUT2D eigenvalue weighted by atomic mass is 9.90. The Kier molecular flexibility index (Phi) is 7.22. The molecule has 38 heavy (non-hydrogen) atoms. The molecule has 1 unspecified atom stereocenters. The van der Waals surface area contributed by atoms with E-state index < -0.39 is 5.60 Å². The Morgan fingerprint density at radius 3 is 2.13 bits per heavy atom. The lowest BCUT2D eigenvalue weighted by molar-refractivity contribution is 0.0988. The smallest absolute Gasteiger partial charge is 0.141 e. The van der Waals surface area contributed by atoms with Crippen molar-refractivity contribution in [3.8, 4) is 22.6 Å². The minimum absolute atomic E-state index is 0.383. The fourth-order valence-corrected chi connectivity index (χ4v) is 6.08. The highest BCUT2D eigenvalue weighted by Crippen LogP contribution is 2.46. The minimum atomic E-state index is -1.28. The van der Waals surface area contributed by atoms with Crippen molar-refractivity contribution in [3.63, 3.8) is 0 Å². The van der Waals surface area contributed by atoms with Crippen LogP contribution in [0.4, 0.5) is 5.69 Å². The zero-order valence-electron chi connectivity index (χ0n) is 22.1. The van der Waals surface area contributed by atoms with E-state index >= 15 is 0 Å². The Morgan fingerprint density at radius 2 is 1.55 bits per heavy atom. The molecule has 1 saturated heterocycles. The van der Waals surface area contributed by atoms with Gasteiger partial charge in [-0.1, -0.05) is 47.5 Å². The van der Waals surface area contributed by atoms with Crippen LogP contribution in [0.3, 0.4) is 0 Å². The van der Waals surface area contributed by atoms with Crippen LogP contribution in [0, 0.1) is 0 Å². The molecule has 200 valence electrons. The molecule has 3 aromatic carbocycles. The highest BCUT2D eigenvalue weighted by molar-refractivity contribution is 6.41. The molecule has 5 rings (SSSR count). The van der Waals surface area contributed by atoms with Crippen molar-refractivity contribution in [2.45, 2.75) is 38.5 Å². The van der Waals surface area contributed by atoms with E-state index in [1.54, 1.807) is 27.2 Å². The first-order valence-corrected chi connectivity index (χ1v) is 13.3. The van der Waals surface area contributed by atoms with Gasteiger partial charge in [0.1, 0.15) is 17.1 Å². The predicted octanol–water partition coefficient (Wildman–Crippen LogP) is 6.00. The maximum atomic E-state index is 11.7. The molecule has 0 amide bonds. The van der Waals surface area contributed by atoms with Crippen LogP contribution in [0.25, 0.3) is 22.0 Å². The van der Waals surface area contributed by atoms with Gasteiger partial charge in [-0.3, -0.25) is 5.10 Å². The SMILES string of the molecule is COc1cc(OC)c(Cl)c(-c2ccc3c(C(C)(O)c4ccc(N5C[C@@H](C)N[C@@H](C)C5)cc4)[nH]nc3c2)c1Cl. The Labute approximate surface area is 232 Å². The number of aliphatic hydroxyl groups is 1. The molecule has 4 aromatic rings. The first kappa shape index (κ1) is 26.6. The summed E-state index contributed by atoms with van der Waals surface area (Å²) >= 11 is 13.3. The van der Waals surface area contributed by atoms with E-state index in [2.05, 4.69) is 46.4 Å². The summed E-state index contributed by atoms with van der Waals surface area (Å²) in [6, 6.07) is 16.3. The maximum absolute atomic E-state index is 11.7. The van der Waals surface area contributed by atoms with Gasteiger partial charge in [-0.2, -0.15) is 5.10 Å². The molecule has 0 spiro atoms. The Balaban J connectivity index is 1.48. The molecule has 0 radical (unpaired) electrons. The molecule has 1 aliphatic rings. The summed E-state index contributed by atoms with van der Waals surface area (Å²) in [5.74, 6) is 0.920. The van der Waals surface area contributed by atoms with Crippen molar-refractivity contribution in [2.75, 3.05) is 32.2 Å². The van der Waals surface area contributed by atoms with Crippen molar-refractivity contribution in [2.24, 2.45) is 0 Å². The molecule has 1 aromatic heterocycles. The predicted molar refractivity (Wildman–Crippen MR) is 154 cm³/mol. The van der Waals surface area contributed by atoms with Gasteiger partial charge in [0.15, 0.2) is 0 Å². The van der Waals surface area contributed by atoms with Crippen molar-refractivity contribution in [1.82, 2.24) is 15.5 Å². The molecular formula is C29H32Cl2N4O3. The molecule has 0 aliphatic carbocycles. The third kappa shape index (κ3) is 4.69. The molecular weight excluding hydrogens is 523 g/mol. The van der Waals surface area contributed by atoms with Crippen molar-refractivity contribution >= 4 is 39.8 Å². The average Bonchev–Trinajstić information content (AvgIpc) is 3.33. The molecule has 1 aliphatic heterocycles. The zero-order chi connectivity index (χ0) is 27.2. The number of halogens is 2. The Morgan fingerprint density at radius 1 is 0.947 bits per heavy atom. The van der Waals surface area contributed by atoms with Crippen LogP contribution in [0.2, 0.25) is 10.0 Å². The quantitative estimate of drug-likeness (QED) is 0.271. The largest absolute Gasteiger partial charge is 0.495 e. The van der Waals surface area contributed by atoms with Gasteiger partial charge < -0.3 is 24.8 Å². The number of nitrogens with zero attached hydrogens (tertiary/aromatic N) is 2. The summed E-state index contributed by atoms with van der Waals surface area (Å²) in [4.78, 5) is 2.38. The van der Waals surface area contributed by atoms with Crippen molar-refractivity contribution in [1.29, 1.82) is 0 Å². The molecule has 3 N–H and O–H groups in total. The monoisotopic (exact) mass is 554 g/mol. The lowest BCUT2D eigenvalue weighted by Gasteiger charge is -2.38. The first-order chi connectivity index (χ1) is 18.1. The van der Waals surface area contributed by atoms with Gasteiger partial charge in [0.05, 0.1) is 35.5 Å². The number of H-pyrrole nitrogens is 1. The second-order valence-corrected chi connectivity index (χ2v) is 10.9. The van der Waals surface area contributed by atoms with Crippen LogP contribution < -0.4 is 19.7 Å². The highest BCUT2D eigenvalue weighted by atomic mass is 35.5. The van der Waals surface area contributed by atoms with Crippen molar-refractivity contribution < 1.29 is 14.6 Å². The fourth-order valence-electron chi connectivity index (χ4n) is 5.36. The molecule has 1 fully saturated rings. The molecule has 3 atom stereocenters.